The molecular weight excluding hydrogens is 364 g/mol. The van der Waals surface area contributed by atoms with Crippen LogP contribution in [0.25, 0.3) is 0 Å². The van der Waals surface area contributed by atoms with E-state index in [0.717, 1.165) is 5.56 Å². The first-order valence-electron chi connectivity index (χ1n) is 8.36. The summed E-state index contributed by atoms with van der Waals surface area (Å²) in [6, 6.07) is 16.8. The summed E-state index contributed by atoms with van der Waals surface area (Å²) < 4.78 is 4.74. The zero-order valence-electron chi connectivity index (χ0n) is 14.9. The van der Waals surface area contributed by atoms with Gasteiger partial charge in [0.15, 0.2) is 0 Å². The van der Waals surface area contributed by atoms with Crippen LogP contribution in [0.1, 0.15) is 28.9 Å². The van der Waals surface area contributed by atoms with Crippen molar-refractivity contribution in [3.63, 3.8) is 0 Å². The van der Waals surface area contributed by atoms with Crippen LogP contribution < -0.4 is 10.6 Å². The van der Waals surface area contributed by atoms with Gasteiger partial charge in [-0.25, -0.2) is 9.78 Å². The number of benzene rings is 2. The number of aromatic nitrogens is 2. The number of anilines is 3. The van der Waals surface area contributed by atoms with E-state index in [1.54, 1.807) is 30.5 Å². The molecule has 1 atom stereocenters. The third-order valence-corrected chi connectivity index (χ3v) is 4.28. The molecule has 0 aliphatic heterocycles. The minimum Gasteiger partial charge on any atom is -0.465 e. The lowest BCUT2D eigenvalue weighted by atomic mass is 10.1. The van der Waals surface area contributed by atoms with Crippen LogP contribution in [-0.4, -0.2) is 23.0 Å². The van der Waals surface area contributed by atoms with Gasteiger partial charge in [-0.2, -0.15) is 4.98 Å². The second kappa shape index (κ2) is 8.51. The summed E-state index contributed by atoms with van der Waals surface area (Å²) in [5.41, 5.74) is 2.06. The standard InChI is InChI=1S/C20H19ClN4O2/c1-13(14-6-4-3-5-7-14)23-18-10-11-22-20(25-18)24-17-12-15(19(26)27-2)8-9-16(17)21/h3-13H,1-2H3,(H2,22,23,24,25). The number of nitrogens with zero attached hydrogens (tertiary/aromatic N) is 2. The molecule has 0 fully saturated rings. The SMILES string of the molecule is COC(=O)c1ccc(Cl)c(Nc2nccc(NC(C)c3ccccc3)n2)c1. The number of rotatable bonds is 6. The smallest absolute Gasteiger partial charge is 0.337 e. The normalized spacial score (nSPS) is 11.5. The summed E-state index contributed by atoms with van der Waals surface area (Å²) in [5, 5.41) is 6.83. The van der Waals surface area contributed by atoms with Gasteiger partial charge in [0.1, 0.15) is 5.82 Å². The Balaban J connectivity index is 1.77. The number of ether oxygens (including phenoxy) is 1. The average molecular weight is 383 g/mol. The van der Waals surface area contributed by atoms with Crippen molar-refractivity contribution < 1.29 is 9.53 Å². The Morgan fingerprint density at radius 1 is 1.15 bits per heavy atom. The van der Waals surface area contributed by atoms with Crippen LogP contribution in [0.2, 0.25) is 5.02 Å². The summed E-state index contributed by atoms with van der Waals surface area (Å²) in [7, 11) is 1.33. The first-order valence-corrected chi connectivity index (χ1v) is 8.74. The van der Waals surface area contributed by atoms with Crippen molar-refractivity contribution in [3.05, 3.63) is 76.9 Å². The number of halogens is 1. The van der Waals surface area contributed by atoms with E-state index in [1.165, 1.54) is 7.11 Å². The lowest BCUT2D eigenvalue weighted by Gasteiger charge is -2.15. The van der Waals surface area contributed by atoms with Gasteiger partial charge in [0, 0.05) is 12.2 Å². The highest BCUT2D eigenvalue weighted by molar-refractivity contribution is 6.33. The second-order valence-electron chi connectivity index (χ2n) is 5.85. The van der Waals surface area contributed by atoms with Crippen molar-refractivity contribution >= 4 is 35.0 Å². The van der Waals surface area contributed by atoms with Crippen molar-refractivity contribution in [2.45, 2.75) is 13.0 Å². The minimum atomic E-state index is -0.442. The molecule has 2 N–H and O–H groups in total. The van der Waals surface area contributed by atoms with E-state index in [2.05, 4.69) is 39.7 Å². The first-order chi connectivity index (χ1) is 13.1. The fourth-order valence-electron chi connectivity index (χ4n) is 2.53. The predicted octanol–water partition coefficient (Wildman–Crippen LogP) is 4.83. The fourth-order valence-corrected chi connectivity index (χ4v) is 2.70. The van der Waals surface area contributed by atoms with E-state index in [9.17, 15) is 4.79 Å². The van der Waals surface area contributed by atoms with Gasteiger partial charge in [-0.1, -0.05) is 41.9 Å². The van der Waals surface area contributed by atoms with Crippen LogP contribution in [0.3, 0.4) is 0 Å². The van der Waals surface area contributed by atoms with Crippen LogP contribution >= 0.6 is 11.6 Å². The van der Waals surface area contributed by atoms with Crippen LogP contribution in [0, 0.1) is 0 Å². The molecule has 0 aliphatic carbocycles. The molecule has 6 nitrogen and oxygen atoms in total. The van der Waals surface area contributed by atoms with Crippen molar-refractivity contribution in [3.8, 4) is 0 Å². The van der Waals surface area contributed by atoms with E-state index in [1.807, 2.05) is 18.2 Å². The van der Waals surface area contributed by atoms with Gasteiger partial charge in [-0.3, -0.25) is 0 Å². The number of hydrogen-bond donors (Lipinski definition) is 2. The molecule has 2 aromatic carbocycles. The maximum atomic E-state index is 11.7. The molecule has 0 aliphatic rings. The molecule has 0 spiro atoms. The fraction of sp³-hybridized carbons (Fsp3) is 0.150. The molecule has 0 radical (unpaired) electrons. The lowest BCUT2D eigenvalue weighted by molar-refractivity contribution is 0.0601. The molecule has 0 bridgehead atoms. The van der Waals surface area contributed by atoms with Gasteiger partial charge in [-0.15, -0.1) is 0 Å². The molecule has 1 unspecified atom stereocenters. The largest absolute Gasteiger partial charge is 0.465 e. The Morgan fingerprint density at radius 3 is 2.67 bits per heavy atom. The van der Waals surface area contributed by atoms with Gasteiger partial charge in [0.05, 0.1) is 23.4 Å². The number of hydrogen-bond acceptors (Lipinski definition) is 6. The van der Waals surface area contributed by atoms with E-state index in [0.29, 0.717) is 28.0 Å². The Hall–Kier alpha value is -3.12. The topological polar surface area (TPSA) is 76.1 Å². The molecular formula is C20H19ClN4O2. The Bertz CT molecular complexity index is 934. The molecule has 0 saturated carbocycles. The number of methoxy groups -OCH3 is 1. The van der Waals surface area contributed by atoms with E-state index < -0.39 is 5.97 Å². The summed E-state index contributed by atoms with van der Waals surface area (Å²) in [6.07, 6.45) is 1.65. The van der Waals surface area contributed by atoms with Gasteiger partial charge >= 0.3 is 5.97 Å². The zero-order valence-corrected chi connectivity index (χ0v) is 15.7. The average Bonchev–Trinajstić information content (AvgIpc) is 2.70. The molecule has 1 heterocycles. The Morgan fingerprint density at radius 2 is 1.93 bits per heavy atom. The minimum absolute atomic E-state index is 0.0835. The molecule has 7 heteroatoms. The molecule has 1 aromatic heterocycles. The summed E-state index contributed by atoms with van der Waals surface area (Å²) in [4.78, 5) is 20.4. The quantitative estimate of drug-likeness (QED) is 0.594. The predicted molar refractivity (Wildman–Crippen MR) is 107 cm³/mol. The van der Waals surface area contributed by atoms with Crippen LogP contribution in [-0.2, 0) is 4.74 Å². The third-order valence-electron chi connectivity index (χ3n) is 3.95. The third kappa shape index (κ3) is 4.74. The van der Waals surface area contributed by atoms with Crippen LogP contribution in [0.5, 0.6) is 0 Å². The monoisotopic (exact) mass is 382 g/mol. The van der Waals surface area contributed by atoms with Crippen molar-refractivity contribution in [2.75, 3.05) is 17.7 Å². The molecule has 138 valence electrons. The molecule has 0 saturated heterocycles. The zero-order chi connectivity index (χ0) is 19.2. The summed E-state index contributed by atoms with van der Waals surface area (Å²) in [5.74, 6) is 0.594. The maximum Gasteiger partial charge on any atom is 0.337 e. The number of carbonyl (C=O) groups excluding carboxylic acids is 1. The van der Waals surface area contributed by atoms with Gasteiger partial charge in [0.2, 0.25) is 5.95 Å². The van der Waals surface area contributed by atoms with E-state index >= 15 is 0 Å². The Labute approximate surface area is 162 Å². The van der Waals surface area contributed by atoms with Crippen molar-refractivity contribution in [2.24, 2.45) is 0 Å². The van der Waals surface area contributed by atoms with Gasteiger partial charge in [-0.05, 0) is 36.8 Å². The van der Waals surface area contributed by atoms with E-state index in [-0.39, 0.29) is 6.04 Å². The highest BCUT2D eigenvalue weighted by Crippen LogP contribution is 2.26. The second-order valence-corrected chi connectivity index (χ2v) is 6.26. The Kier molecular flexibility index (Phi) is 5.88. The molecule has 3 rings (SSSR count). The molecule has 0 amide bonds. The molecule has 27 heavy (non-hydrogen) atoms. The van der Waals surface area contributed by atoms with Crippen LogP contribution in [0.15, 0.2) is 60.8 Å². The number of nitrogens with one attached hydrogen (secondary N) is 2. The summed E-state index contributed by atoms with van der Waals surface area (Å²) in [6.45, 7) is 2.06. The first kappa shape index (κ1) is 18.7. The lowest BCUT2D eigenvalue weighted by Crippen LogP contribution is -2.09. The number of esters is 1. The number of carbonyl (C=O) groups is 1. The van der Waals surface area contributed by atoms with Gasteiger partial charge in [0.25, 0.3) is 0 Å². The summed E-state index contributed by atoms with van der Waals surface area (Å²) >= 11 is 6.21. The van der Waals surface area contributed by atoms with E-state index in [4.69, 9.17) is 16.3 Å². The van der Waals surface area contributed by atoms with Crippen molar-refractivity contribution in [1.29, 1.82) is 0 Å². The van der Waals surface area contributed by atoms with Crippen molar-refractivity contribution in [1.82, 2.24) is 9.97 Å². The van der Waals surface area contributed by atoms with Crippen LogP contribution in [0.4, 0.5) is 17.5 Å². The van der Waals surface area contributed by atoms with Gasteiger partial charge < -0.3 is 15.4 Å². The highest BCUT2D eigenvalue weighted by atomic mass is 35.5. The maximum absolute atomic E-state index is 11.7. The molecule has 3 aromatic rings. The highest BCUT2D eigenvalue weighted by Gasteiger charge is 2.11.